The standard InChI is InChI=1S/C23H41N3O6/c1-8-15(4)18(25-22(31)32-23(5,6)7)20(28)26-11-9-16(10-12-26)19(27)24-17(21(29)30)13-14(2)3/h14-18H,8-13H2,1-7H3,(H,24,27)(H,25,31)(H,29,30)/t15?,17-,18-/m0/s1. The zero-order valence-corrected chi connectivity index (χ0v) is 20.6. The maximum atomic E-state index is 13.1. The SMILES string of the molecule is CCC(C)[C@H](NC(=O)OC(C)(C)C)C(=O)N1CCC(C(=O)N[C@@H](CC(C)C)C(=O)O)CC1. The van der Waals surface area contributed by atoms with Gasteiger partial charge in [-0.05, 0) is 51.9 Å². The van der Waals surface area contributed by atoms with Gasteiger partial charge in [-0.25, -0.2) is 9.59 Å². The molecule has 9 heteroatoms. The third kappa shape index (κ3) is 9.04. The molecule has 1 fully saturated rings. The van der Waals surface area contributed by atoms with Crippen molar-refractivity contribution >= 4 is 23.9 Å². The van der Waals surface area contributed by atoms with Crippen LogP contribution in [0.3, 0.4) is 0 Å². The van der Waals surface area contributed by atoms with E-state index in [4.69, 9.17) is 4.74 Å². The summed E-state index contributed by atoms with van der Waals surface area (Å²) in [5, 5.41) is 14.7. The van der Waals surface area contributed by atoms with Gasteiger partial charge in [0.05, 0.1) is 0 Å². The molecule has 1 rings (SSSR count). The van der Waals surface area contributed by atoms with E-state index in [1.54, 1.807) is 25.7 Å². The largest absolute Gasteiger partial charge is 0.480 e. The minimum Gasteiger partial charge on any atom is -0.480 e. The minimum absolute atomic E-state index is 0.0802. The molecule has 1 aliphatic heterocycles. The Balaban J connectivity index is 2.72. The number of hydrogen-bond acceptors (Lipinski definition) is 5. The molecular weight excluding hydrogens is 414 g/mol. The molecule has 1 unspecified atom stereocenters. The number of likely N-dealkylation sites (tertiary alicyclic amines) is 1. The molecular formula is C23H41N3O6. The van der Waals surface area contributed by atoms with Gasteiger partial charge in [0.2, 0.25) is 11.8 Å². The van der Waals surface area contributed by atoms with Crippen molar-refractivity contribution in [3.05, 3.63) is 0 Å². The van der Waals surface area contributed by atoms with Crippen LogP contribution >= 0.6 is 0 Å². The van der Waals surface area contributed by atoms with Crippen molar-refractivity contribution in [2.45, 2.75) is 91.8 Å². The summed E-state index contributed by atoms with van der Waals surface area (Å²) in [6.07, 6.45) is 1.34. The fourth-order valence-electron chi connectivity index (χ4n) is 3.66. The zero-order valence-electron chi connectivity index (χ0n) is 20.6. The van der Waals surface area contributed by atoms with E-state index >= 15 is 0 Å². The smallest absolute Gasteiger partial charge is 0.408 e. The molecule has 1 aliphatic rings. The number of carboxylic acids is 1. The Hall–Kier alpha value is -2.32. The van der Waals surface area contributed by atoms with Crippen molar-refractivity contribution < 1.29 is 29.0 Å². The van der Waals surface area contributed by atoms with E-state index in [0.717, 1.165) is 0 Å². The van der Waals surface area contributed by atoms with Crippen molar-refractivity contribution in [2.75, 3.05) is 13.1 Å². The molecule has 1 heterocycles. The highest BCUT2D eigenvalue weighted by molar-refractivity contribution is 5.87. The number of piperidine rings is 1. The zero-order chi connectivity index (χ0) is 24.6. The Labute approximate surface area is 191 Å². The molecule has 0 aliphatic carbocycles. The lowest BCUT2D eigenvalue weighted by molar-refractivity contribution is -0.143. The van der Waals surface area contributed by atoms with Crippen LogP contribution in [-0.2, 0) is 19.1 Å². The van der Waals surface area contributed by atoms with Crippen LogP contribution in [-0.4, -0.2) is 64.7 Å². The molecule has 3 N–H and O–H groups in total. The Kier molecular flexibility index (Phi) is 10.4. The van der Waals surface area contributed by atoms with E-state index in [0.29, 0.717) is 38.8 Å². The second-order valence-corrected chi connectivity index (χ2v) is 10.1. The fourth-order valence-corrected chi connectivity index (χ4v) is 3.66. The molecule has 0 aromatic carbocycles. The van der Waals surface area contributed by atoms with E-state index in [1.807, 2.05) is 27.7 Å². The first-order valence-corrected chi connectivity index (χ1v) is 11.6. The molecule has 3 amide bonds. The summed E-state index contributed by atoms with van der Waals surface area (Å²) in [6.45, 7) is 13.7. The van der Waals surface area contributed by atoms with E-state index < -0.39 is 29.7 Å². The molecule has 0 aromatic heterocycles. The first-order valence-electron chi connectivity index (χ1n) is 11.6. The van der Waals surface area contributed by atoms with Crippen molar-refractivity contribution in [3.63, 3.8) is 0 Å². The number of carbonyl (C=O) groups is 4. The lowest BCUT2D eigenvalue weighted by atomic mass is 9.92. The maximum absolute atomic E-state index is 13.1. The average Bonchev–Trinajstić information content (AvgIpc) is 2.68. The number of carbonyl (C=O) groups excluding carboxylic acids is 3. The summed E-state index contributed by atoms with van der Waals surface area (Å²) in [5.41, 5.74) is -0.664. The predicted octanol–water partition coefficient (Wildman–Crippen LogP) is 2.78. The molecule has 0 aromatic rings. The number of nitrogens with zero attached hydrogens (tertiary/aromatic N) is 1. The van der Waals surface area contributed by atoms with Crippen LogP contribution < -0.4 is 10.6 Å². The van der Waals surface area contributed by atoms with E-state index in [9.17, 15) is 24.3 Å². The third-order valence-electron chi connectivity index (χ3n) is 5.65. The number of amides is 3. The number of ether oxygens (including phenoxy) is 1. The van der Waals surface area contributed by atoms with Gasteiger partial charge >= 0.3 is 12.1 Å². The van der Waals surface area contributed by atoms with Crippen LogP contribution in [0, 0.1) is 17.8 Å². The predicted molar refractivity (Wildman–Crippen MR) is 121 cm³/mol. The molecule has 9 nitrogen and oxygen atoms in total. The van der Waals surface area contributed by atoms with Gasteiger partial charge in [0, 0.05) is 19.0 Å². The first-order chi connectivity index (χ1) is 14.7. The van der Waals surface area contributed by atoms with E-state index in [1.165, 1.54) is 0 Å². The summed E-state index contributed by atoms with van der Waals surface area (Å²) in [4.78, 5) is 51.1. The van der Waals surface area contributed by atoms with Crippen molar-refractivity contribution in [2.24, 2.45) is 17.8 Å². The number of carboxylic acid groups (broad SMARTS) is 1. The van der Waals surface area contributed by atoms with Crippen LogP contribution in [0.5, 0.6) is 0 Å². The Morgan fingerprint density at radius 3 is 2.06 bits per heavy atom. The number of alkyl carbamates (subject to hydrolysis) is 1. The topological polar surface area (TPSA) is 125 Å². The monoisotopic (exact) mass is 455 g/mol. The van der Waals surface area contributed by atoms with Gasteiger partial charge in [-0.1, -0.05) is 34.1 Å². The lowest BCUT2D eigenvalue weighted by Gasteiger charge is -2.36. The van der Waals surface area contributed by atoms with Gasteiger partial charge in [-0.2, -0.15) is 0 Å². The Bertz CT molecular complexity index is 665. The third-order valence-corrected chi connectivity index (χ3v) is 5.65. The second kappa shape index (κ2) is 12.1. The normalized spacial score (nSPS) is 17.9. The number of rotatable bonds is 9. The van der Waals surface area contributed by atoms with Gasteiger partial charge in [0.25, 0.3) is 0 Å². The van der Waals surface area contributed by atoms with Crippen molar-refractivity contribution in [1.82, 2.24) is 15.5 Å². The highest BCUT2D eigenvalue weighted by Crippen LogP contribution is 2.21. The molecule has 0 saturated carbocycles. The lowest BCUT2D eigenvalue weighted by Crippen LogP contribution is -2.55. The van der Waals surface area contributed by atoms with Crippen molar-refractivity contribution in [3.8, 4) is 0 Å². The Morgan fingerprint density at radius 1 is 1.06 bits per heavy atom. The Morgan fingerprint density at radius 2 is 1.62 bits per heavy atom. The highest BCUT2D eigenvalue weighted by Gasteiger charge is 2.35. The molecule has 0 radical (unpaired) electrons. The molecule has 32 heavy (non-hydrogen) atoms. The molecule has 184 valence electrons. The summed E-state index contributed by atoms with van der Waals surface area (Å²) >= 11 is 0. The van der Waals surface area contributed by atoms with Crippen LogP contribution in [0.4, 0.5) is 4.79 Å². The summed E-state index contributed by atoms with van der Waals surface area (Å²) in [7, 11) is 0. The molecule has 0 bridgehead atoms. The van der Waals surface area contributed by atoms with Crippen LogP contribution in [0.1, 0.15) is 74.1 Å². The summed E-state index contributed by atoms with van der Waals surface area (Å²) in [6, 6.07) is -1.61. The quantitative estimate of drug-likeness (QED) is 0.491. The van der Waals surface area contributed by atoms with Gasteiger partial charge in [0.15, 0.2) is 0 Å². The van der Waals surface area contributed by atoms with E-state index in [2.05, 4.69) is 10.6 Å². The van der Waals surface area contributed by atoms with Crippen LogP contribution in [0.25, 0.3) is 0 Å². The van der Waals surface area contributed by atoms with Gasteiger partial charge in [-0.15, -0.1) is 0 Å². The van der Waals surface area contributed by atoms with Gasteiger partial charge in [-0.3, -0.25) is 9.59 Å². The van der Waals surface area contributed by atoms with Gasteiger partial charge in [0.1, 0.15) is 17.7 Å². The van der Waals surface area contributed by atoms with Crippen molar-refractivity contribution in [1.29, 1.82) is 0 Å². The molecule has 3 atom stereocenters. The van der Waals surface area contributed by atoms with Crippen LogP contribution in [0.15, 0.2) is 0 Å². The van der Waals surface area contributed by atoms with E-state index in [-0.39, 0.29) is 29.6 Å². The minimum atomic E-state index is -1.04. The summed E-state index contributed by atoms with van der Waals surface area (Å²) < 4.78 is 5.31. The van der Waals surface area contributed by atoms with Gasteiger partial charge < -0.3 is 25.4 Å². The summed E-state index contributed by atoms with van der Waals surface area (Å²) in [5.74, 6) is -1.78. The maximum Gasteiger partial charge on any atom is 0.408 e. The highest BCUT2D eigenvalue weighted by atomic mass is 16.6. The molecule has 1 saturated heterocycles. The second-order valence-electron chi connectivity index (χ2n) is 10.1. The number of hydrogen-bond donors (Lipinski definition) is 3. The fraction of sp³-hybridized carbons (Fsp3) is 0.826. The van der Waals surface area contributed by atoms with Crippen LogP contribution in [0.2, 0.25) is 0 Å². The number of nitrogens with one attached hydrogen (secondary N) is 2. The average molecular weight is 456 g/mol. The first kappa shape index (κ1) is 27.7. The molecule has 0 spiro atoms. The number of aliphatic carboxylic acids is 1.